The molecule has 0 bridgehead atoms. The molecule has 0 saturated heterocycles. The highest BCUT2D eigenvalue weighted by molar-refractivity contribution is 6.00. The summed E-state index contributed by atoms with van der Waals surface area (Å²) in [4.78, 5) is 12.3. The molecule has 1 amide bonds. The lowest BCUT2D eigenvalue weighted by molar-refractivity contribution is 0.0954. The van der Waals surface area contributed by atoms with Gasteiger partial charge in [-0.25, -0.2) is 5.43 Å². The highest BCUT2D eigenvalue weighted by Crippen LogP contribution is 2.32. The Morgan fingerprint density at radius 1 is 0.923 bits per heavy atom. The molecule has 3 rings (SSSR count). The number of nitrogens with zero attached hydrogens (tertiary/aromatic N) is 1. The van der Waals surface area contributed by atoms with Gasteiger partial charge in [0.05, 0.1) is 5.71 Å². The lowest BCUT2D eigenvalue weighted by atomic mass is 9.84. The van der Waals surface area contributed by atoms with E-state index in [1.165, 1.54) is 43.2 Å². The van der Waals surface area contributed by atoms with Crippen molar-refractivity contribution in [1.29, 1.82) is 0 Å². The molecule has 136 valence electrons. The van der Waals surface area contributed by atoms with Crippen LogP contribution in [0.1, 0.15) is 77.6 Å². The topological polar surface area (TPSA) is 41.5 Å². The predicted molar refractivity (Wildman–Crippen MR) is 108 cm³/mol. The fraction of sp³-hybridized carbons (Fsp3) is 0.391. The van der Waals surface area contributed by atoms with E-state index in [0.717, 1.165) is 16.8 Å². The van der Waals surface area contributed by atoms with E-state index in [-0.39, 0.29) is 5.91 Å². The van der Waals surface area contributed by atoms with Gasteiger partial charge in [-0.3, -0.25) is 4.79 Å². The number of hydrazone groups is 1. The van der Waals surface area contributed by atoms with Crippen LogP contribution in [0, 0.1) is 13.8 Å². The fourth-order valence-electron chi connectivity index (χ4n) is 3.58. The first-order chi connectivity index (χ1) is 12.5. The third kappa shape index (κ3) is 4.40. The van der Waals surface area contributed by atoms with Crippen molar-refractivity contribution in [3.8, 4) is 0 Å². The molecular formula is C23H28N2O. The second-order valence-electron chi connectivity index (χ2n) is 7.39. The van der Waals surface area contributed by atoms with Gasteiger partial charge in [0.2, 0.25) is 0 Å². The Kier molecular flexibility index (Phi) is 5.87. The number of hydrogen-bond acceptors (Lipinski definition) is 2. The minimum atomic E-state index is -0.175. The number of carbonyl (C=O) groups excluding carboxylic acids is 1. The molecule has 0 unspecified atom stereocenters. The lowest BCUT2D eigenvalue weighted by Crippen LogP contribution is -2.19. The minimum Gasteiger partial charge on any atom is -0.267 e. The smallest absolute Gasteiger partial charge is 0.267 e. The molecule has 26 heavy (non-hydrogen) atoms. The average molecular weight is 348 g/mol. The number of aryl methyl sites for hydroxylation is 2. The van der Waals surface area contributed by atoms with Crippen LogP contribution in [0.4, 0.5) is 0 Å². The zero-order chi connectivity index (χ0) is 18.5. The van der Waals surface area contributed by atoms with Crippen LogP contribution in [-0.2, 0) is 0 Å². The highest BCUT2D eigenvalue weighted by Gasteiger charge is 2.15. The third-order valence-electron chi connectivity index (χ3n) is 5.50. The molecule has 0 heterocycles. The van der Waals surface area contributed by atoms with Gasteiger partial charge >= 0.3 is 0 Å². The fourth-order valence-corrected chi connectivity index (χ4v) is 3.58. The zero-order valence-corrected chi connectivity index (χ0v) is 16.0. The monoisotopic (exact) mass is 348 g/mol. The first kappa shape index (κ1) is 18.4. The number of carbonyl (C=O) groups is 1. The highest BCUT2D eigenvalue weighted by atomic mass is 16.2. The minimum absolute atomic E-state index is 0.175. The first-order valence-electron chi connectivity index (χ1n) is 9.57. The number of rotatable bonds is 4. The predicted octanol–water partition coefficient (Wildman–Crippen LogP) is 5.51. The van der Waals surface area contributed by atoms with E-state index >= 15 is 0 Å². The summed E-state index contributed by atoms with van der Waals surface area (Å²) in [6.45, 7) is 5.97. The van der Waals surface area contributed by atoms with E-state index in [4.69, 9.17) is 0 Å². The quantitative estimate of drug-likeness (QED) is 0.575. The van der Waals surface area contributed by atoms with Crippen molar-refractivity contribution in [1.82, 2.24) is 5.43 Å². The van der Waals surface area contributed by atoms with E-state index in [1.54, 1.807) is 0 Å². The molecule has 3 heteroatoms. The van der Waals surface area contributed by atoms with Gasteiger partial charge in [-0.2, -0.15) is 5.10 Å². The summed E-state index contributed by atoms with van der Waals surface area (Å²) in [6, 6.07) is 14.4. The molecule has 1 aliphatic rings. The summed E-state index contributed by atoms with van der Waals surface area (Å²) < 4.78 is 0. The molecule has 1 N–H and O–H groups in total. The van der Waals surface area contributed by atoms with E-state index in [1.807, 2.05) is 39.0 Å². The summed E-state index contributed by atoms with van der Waals surface area (Å²) in [5.41, 5.74) is 8.89. The molecule has 0 aromatic heterocycles. The van der Waals surface area contributed by atoms with Gasteiger partial charge in [0.25, 0.3) is 5.91 Å². The van der Waals surface area contributed by atoms with E-state index in [0.29, 0.717) is 11.5 Å². The molecule has 2 aromatic rings. The molecule has 0 radical (unpaired) electrons. The normalized spacial score (nSPS) is 15.7. The van der Waals surface area contributed by atoms with Gasteiger partial charge in [-0.1, -0.05) is 49.6 Å². The van der Waals surface area contributed by atoms with Crippen LogP contribution >= 0.6 is 0 Å². The van der Waals surface area contributed by atoms with Crippen LogP contribution in [0.2, 0.25) is 0 Å². The van der Waals surface area contributed by atoms with Gasteiger partial charge in [0.1, 0.15) is 0 Å². The van der Waals surface area contributed by atoms with Crippen molar-refractivity contribution >= 4 is 11.6 Å². The van der Waals surface area contributed by atoms with Crippen LogP contribution in [0.5, 0.6) is 0 Å². The molecule has 0 aliphatic heterocycles. The van der Waals surface area contributed by atoms with Crippen LogP contribution < -0.4 is 5.43 Å². The summed E-state index contributed by atoms with van der Waals surface area (Å²) in [7, 11) is 0. The van der Waals surface area contributed by atoms with Crippen LogP contribution in [0.3, 0.4) is 0 Å². The molecule has 0 atom stereocenters. The van der Waals surface area contributed by atoms with Crippen molar-refractivity contribution < 1.29 is 4.79 Å². The molecule has 1 fully saturated rings. The van der Waals surface area contributed by atoms with E-state index < -0.39 is 0 Å². The molecule has 3 nitrogen and oxygen atoms in total. The number of benzene rings is 2. The van der Waals surface area contributed by atoms with E-state index in [2.05, 4.69) is 34.8 Å². The van der Waals surface area contributed by atoms with Crippen molar-refractivity contribution in [3.63, 3.8) is 0 Å². The Balaban J connectivity index is 1.65. The van der Waals surface area contributed by atoms with Gasteiger partial charge < -0.3 is 0 Å². The Bertz CT molecular complexity index is 799. The van der Waals surface area contributed by atoms with Crippen molar-refractivity contribution in [3.05, 3.63) is 70.3 Å². The molecule has 2 aromatic carbocycles. The zero-order valence-electron chi connectivity index (χ0n) is 16.0. The molecule has 1 saturated carbocycles. The van der Waals surface area contributed by atoms with Gasteiger partial charge in [-0.05, 0) is 73.9 Å². The van der Waals surface area contributed by atoms with Crippen LogP contribution in [-0.4, -0.2) is 11.6 Å². The SMILES string of the molecule is CC(=NNC(=O)c1ccc(C)c(C)c1)c1ccc(C2CCCCC2)cc1. The maximum atomic E-state index is 12.3. The Hall–Kier alpha value is -2.42. The van der Waals surface area contributed by atoms with Gasteiger partial charge in [0, 0.05) is 5.56 Å². The maximum absolute atomic E-state index is 12.3. The molecule has 1 aliphatic carbocycles. The molecule has 0 spiro atoms. The standard InChI is InChI=1S/C23H28N2O/c1-16-9-10-22(15-17(16)2)23(26)25-24-18(3)19-11-13-21(14-12-19)20-7-5-4-6-8-20/h9-15,20H,4-8H2,1-3H3,(H,25,26). The van der Waals surface area contributed by atoms with Crippen LogP contribution in [0.15, 0.2) is 47.6 Å². The largest absolute Gasteiger partial charge is 0.271 e. The number of amides is 1. The van der Waals surface area contributed by atoms with E-state index in [9.17, 15) is 4.79 Å². The summed E-state index contributed by atoms with van der Waals surface area (Å²) in [5, 5.41) is 4.28. The first-order valence-corrected chi connectivity index (χ1v) is 9.57. The average Bonchev–Trinajstić information content (AvgIpc) is 2.68. The van der Waals surface area contributed by atoms with Gasteiger partial charge in [0.15, 0.2) is 0 Å². The lowest BCUT2D eigenvalue weighted by Gasteiger charge is -2.22. The third-order valence-corrected chi connectivity index (χ3v) is 5.50. The summed E-state index contributed by atoms with van der Waals surface area (Å²) in [5.74, 6) is 0.533. The van der Waals surface area contributed by atoms with Crippen molar-refractivity contribution in [2.75, 3.05) is 0 Å². The number of nitrogens with one attached hydrogen (secondary N) is 1. The summed E-state index contributed by atoms with van der Waals surface area (Å²) >= 11 is 0. The Morgan fingerprint density at radius 3 is 2.23 bits per heavy atom. The van der Waals surface area contributed by atoms with Gasteiger partial charge in [-0.15, -0.1) is 0 Å². The second-order valence-corrected chi connectivity index (χ2v) is 7.39. The van der Waals surface area contributed by atoms with Crippen molar-refractivity contribution in [2.45, 2.75) is 58.8 Å². The Labute approximate surface area is 156 Å². The number of hydrogen-bond donors (Lipinski definition) is 1. The Morgan fingerprint density at radius 2 is 1.58 bits per heavy atom. The molecular weight excluding hydrogens is 320 g/mol. The summed E-state index contributed by atoms with van der Waals surface area (Å²) in [6.07, 6.45) is 6.67. The van der Waals surface area contributed by atoms with Crippen molar-refractivity contribution in [2.24, 2.45) is 5.10 Å². The second kappa shape index (κ2) is 8.31. The maximum Gasteiger partial charge on any atom is 0.271 e. The van der Waals surface area contributed by atoms with Crippen LogP contribution in [0.25, 0.3) is 0 Å².